The van der Waals surface area contributed by atoms with E-state index in [0.717, 1.165) is 19.3 Å². The minimum atomic E-state index is -1.90. The Kier molecular flexibility index (Phi) is 15.2. The molecule has 6 fully saturated rings. The van der Waals surface area contributed by atoms with Crippen LogP contribution in [0, 0.1) is 0 Å². The molecule has 12 atom stereocenters. The van der Waals surface area contributed by atoms with Crippen LogP contribution in [0.15, 0.2) is 0 Å². The monoisotopic (exact) mass is 865 g/mol. The normalized spacial score (nSPS) is 39.6. The number of hydrogen-bond donors (Lipinski definition) is 3. The highest BCUT2D eigenvalue weighted by atomic mass is 28.4. The van der Waals surface area contributed by atoms with Crippen molar-refractivity contribution < 1.29 is 57.0 Å². The molecule has 0 aromatic rings. The van der Waals surface area contributed by atoms with E-state index in [1.54, 1.807) is 0 Å². The maximum Gasteiger partial charge on any atom is 0.192 e. The largest absolute Gasteiger partial charge is 0.408 e. The summed E-state index contributed by atoms with van der Waals surface area (Å²) in [5, 5.41) is 29.1. The minimum absolute atomic E-state index is 0.00286. The molecule has 6 aliphatic heterocycles. The number of hydrogen-bond acceptors (Lipinski definition) is 12. The lowest BCUT2D eigenvalue weighted by Crippen LogP contribution is -2.57. The molecular weight excluding hydrogens is 781 g/mol. The van der Waals surface area contributed by atoms with Crippen molar-refractivity contribution in [1.82, 2.24) is 0 Å². The van der Waals surface area contributed by atoms with Crippen LogP contribution in [0.2, 0.25) is 54.4 Å². The second kappa shape index (κ2) is 17.4. The molecule has 0 radical (unpaired) electrons. The van der Waals surface area contributed by atoms with Crippen molar-refractivity contribution in [2.75, 3.05) is 39.6 Å². The van der Waals surface area contributed by atoms with Gasteiger partial charge in [-0.05, 0) is 75.2 Å². The van der Waals surface area contributed by atoms with E-state index >= 15 is 0 Å². The standard InChI is InChI=1S/3C14H28O4Si/c3*1-10-14(17-10)7-8-16-11(9-15)12(14)18-19(5,6)13(2,3)4/h3*10-12,15H,7-9H2,1-6H3/t3*10-,11-,12-,14-/m111/s1. The minimum Gasteiger partial charge on any atom is -0.408 e. The van der Waals surface area contributed by atoms with Gasteiger partial charge in [-0.15, -0.1) is 0 Å². The highest BCUT2D eigenvalue weighted by Crippen LogP contribution is 2.53. The molecule has 0 amide bonds. The van der Waals surface area contributed by atoms with Crippen LogP contribution in [0.4, 0.5) is 0 Å². The van der Waals surface area contributed by atoms with Gasteiger partial charge in [0, 0.05) is 19.3 Å². The van der Waals surface area contributed by atoms with Gasteiger partial charge in [-0.3, -0.25) is 0 Å². The first-order chi connectivity index (χ1) is 25.9. The fourth-order valence-corrected chi connectivity index (χ4v) is 11.8. The Morgan fingerprint density at radius 3 is 0.789 bits per heavy atom. The van der Waals surface area contributed by atoms with Crippen molar-refractivity contribution in [1.29, 1.82) is 0 Å². The molecule has 57 heavy (non-hydrogen) atoms. The van der Waals surface area contributed by atoms with Crippen LogP contribution in [-0.4, -0.2) is 152 Å². The van der Waals surface area contributed by atoms with Crippen molar-refractivity contribution in [2.45, 2.75) is 228 Å². The van der Waals surface area contributed by atoms with Crippen LogP contribution in [0.25, 0.3) is 0 Å². The maximum absolute atomic E-state index is 9.56. The Bertz CT molecular complexity index is 1170. The average Bonchev–Trinajstić information content (AvgIpc) is 4.03. The van der Waals surface area contributed by atoms with E-state index < -0.39 is 25.0 Å². The summed E-state index contributed by atoms with van der Waals surface area (Å²) in [6.07, 6.45) is 2.04. The highest BCUT2D eigenvalue weighted by molar-refractivity contribution is 6.75. The predicted octanol–water partition coefficient (Wildman–Crippen LogP) is 6.95. The van der Waals surface area contributed by atoms with Crippen LogP contribution >= 0.6 is 0 Å². The summed E-state index contributed by atoms with van der Waals surface area (Å²) in [5.41, 5.74) is -0.663. The molecule has 6 rings (SSSR count). The van der Waals surface area contributed by atoms with Crippen molar-refractivity contribution in [3.63, 3.8) is 0 Å². The van der Waals surface area contributed by atoms with Gasteiger partial charge in [0.25, 0.3) is 0 Å². The summed E-state index contributed by atoms with van der Waals surface area (Å²) < 4.78 is 54.2. The molecule has 0 aromatic heterocycles. The van der Waals surface area contributed by atoms with Crippen LogP contribution in [0.3, 0.4) is 0 Å². The van der Waals surface area contributed by atoms with E-state index in [1.807, 2.05) is 0 Å². The van der Waals surface area contributed by atoms with Crippen LogP contribution in [0.1, 0.15) is 102 Å². The molecule has 6 aliphatic rings. The lowest BCUT2D eigenvalue weighted by molar-refractivity contribution is -0.124. The summed E-state index contributed by atoms with van der Waals surface area (Å²) in [6, 6.07) is 0. The second-order valence-electron chi connectivity index (χ2n) is 22.1. The number of aliphatic hydroxyl groups is 3. The fraction of sp³-hybridized carbons (Fsp3) is 1.00. The summed E-state index contributed by atoms with van der Waals surface area (Å²) in [4.78, 5) is 0. The third kappa shape index (κ3) is 10.4. The molecule has 3 N–H and O–H groups in total. The average molecular weight is 865 g/mol. The van der Waals surface area contributed by atoms with E-state index in [2.05, 4.69) is 122 Å². The molecule has 0 aromatic carbocycles. The first-order valence-electron chi connectivity index (χ1n) is 21.7. The molecule has 0 bridgehead atoms. The lowest BCUT2D eigenvalue weighted by Gasteiger charge is -2.44. The van der Waals surface area contributed by atoms with E-state index in [0.29, 0.717) is 19.8 Å². The van der Waals surface area contributed by atoms with Gasteiger partial charge in [0.15, 0.2) is 25.0 Å². The lowest BCUT2D eigenvalue weighted by atomic mass is 9.89. The highest BCUT2D eigenvalue weighted by Gasteiger charge is 2.67. The zero-order chi connectivity index (χ0) is 43.4. The Morgan fingerprint density at radius 2 is 0.649 bits per heavy atom. The van der Waals surface area contributed by atoms with Crippen molar-refractivity contribution in [3.05, 3.63) is 0 Å². The zero-order valence-corrected chi connectivity index (χ0v) is 42.1. The zero-order valence-electron chi connectivity index (χ0n) is 39.1. The second-order valence-corrected chi connectivity index (χ2v) is 36.3. The molecule has 0 saturated carbocycles. The van der Waals surface area contributed by atoms with Gasteiger partial charge in [-0.25, -0.2) is 0 Å². The summed E-state index contributed by atoms with van der Waals surface area (Å²) in [5.74, 6) is 0. The topological polar surface area (TPSA) is 154 Å². The Hall–Kier alpha value is 0.171. The molecule has 6 saturated heterocycles. The predicted molar refractivity (Wildman–Crippen MR) is 230 cm³/mol. The van der Waals surface area contributed by atoms with Gasteiger partial charge in [0.2, 0.25) is 0 Å². The summed E-state index contributed by atoms with van der Waals surface area (Å²) >= 11 is 0. The molecule has 0 aliphatic carbocycles. The van der Waals surface area contributed by atoms with E-state index in [1.165, 1.54) is 0 Å². The van der Waals surface area contributed by atoms with E-state index in [4.69, 9.17) is 41.7 Å². The molecule has 3 spiro atoms. The molecule has 12 nitrogen and oxygen atoms in total. The Balaban J connectivity index is 0.000000189. The Labute approximate surface area is 349 Å². The van der Waals surface area contributed by atoms with Crippen molar-refractivity contribution in [3.8, 4) is 0 Å². The van der Waals surface area contributed by atoms with Crippen LogP contribution < -0.4 is 0 Å². The molecule has 15 heteroatoms. The summed E-state index contributed by atoms with van der Waals surface area (Å²) in [7, 11) is -5.70. The van der Waals surface area contributed by atoms with Crippen molar-refractivity contribution in [2.24, 2.45) is 0 Å². The molecule has 336 valence electrons. The first kappa shape index (κ1) is 49.8. The smallest absolute Gasteiger partial charge is 0.192 e. The van der Waals surface area contributed by atoms with E-state index in [-0.39, 0.29) is 107 Å². The SMILES string of the molecule is C[C@H]1O[C@]12CCO[C@H](CO)[C@H]2O[Si](C)(C)C(C)(C)C.C[C@H]1O[C@]12CCO[C@H](CO)[C@H]2O[Si](C)(C)C(C)(C)C.C[C@H]1O[C@]12CCO[C@H](CO)[C@H]2O[Si](C)(C)C(C)(C)C. The summed E-state index contributed by atoms with van der Waals surface area (Å²) in [6.45, 7) is 41.6. The number of ether oxygens (including phenoxy) is 6. The van der Waals surface area contributed by atoms with Gasteiger partial charge < -0.3 is 57.0 Å². The third-order valence-electron chi connectivity index (χ3n) is 15.2. The fourth-order valence-electron chi connectivity index (χ4n) is 7.76. The quantitative estimate of drug-likeness (QED) is 0.163. The Morgan fingerprint density at radius 1 is 0.456 bits per heavy atom. The first-order valence-corrected chi connectivity index (χ1v) is 30.4. The van der Waals surface area contributed by atoms with Gasteiger partial charge in [0.05, 0.1) is 58.0 Å². The number of epoxide rings is 3. The van der Waals surface area contributed by atoms with Crippen molar-refractivity contribution >= 4 is 25.0 Å². The third-order valence-corrected chi connectivity index (χ3v) is 28.6. The van der Waals surface area contributed by atoms with Crippen LogP contribution in [0.5, 0.6) is 0 Å². The maximum atomic E-state index is 9.56. The van der Waals surface area contributed by atoms with Gasteiger partial charge in [0.1, 0.15) is 53.4 Å². The molecule has 6 heterocycles. The number of aliphatic hydroxyl groups excluding tert-OH is 3. The van der Waals surface area contributed by atoms with Gasteiger partial charge in [-0.1, -0.05) is 62.3 Å². The number of rotatable bonds is 9. The van der Waals surface area contributed by atoms with Gasteiger partial charge >= 0.3 is 0 Å². The molecular formula is C42H84O12Si3. The molecule has 0 unspecified atom stereocenters. The van der Waals surface area contributed by atoms with Crippen LogP contribution in [-0.2, 0) is 41.7 Å². The van der Waals surface area contributed by atoms with E-state index in [9.17, 15) is 15.3 Å². The van der Waals surface area contributed by atoms with Gasteiger partial charge in [-0.2, -0.15) is 0 Å².